The molecule has 2 rings (SSSR count). The lowest BCUT2D eigenvalue weighted by Crippen LogP contribution is -2.45. The molecule has 1 aromatic carbocycles. The zero-order chi connectivity index (χ0) is 13.8. The normalized spacial score (nSPS) is 18.3. The minimum atomic E-state index is 0.424. The first kappa shape index (κ1) is 15.2. The van der Waals surface area contributed by atoms with Gasteiger partial charge in [0, 0.05) is 41.2 Å². The van der Waals surface area contributed by atoms with Crippen molar-refractivity contribution in [3.63, 3.8) is 0 Å². The zero-order valence-corrected chi connectivity index (χ0v) is 14.4. The van der Waals surface area contributed by atoms with E-state index in [1.807, 2.05) is 0 Å². The topological polar surface area (TPSA) is 15.3 Å². The summed E-state index contributed by atoms with van der Waals surface area (Å²) in [7, 11) is 0. The fraction of sp³-hybridized carbons (Fsp3) is 0.467. The van der Waals surface area contributed by atoms with Crippen LogP contribution in [-0.2, 0) is 0 Å². The Kier molecular flexibility index (Phi) is 5.63. The SMILES string of the molecule is C=C(C)C[C@@H](c1cc(Br)cc(Br)c1)N1CCNCC1. The Hall–Kier alpha value is -0.160. The van der Waals surface area contributed by atoms with Gasteiger partial charge in [0.2, 0.25) is 0 Å². The summed E-state index contributed by atoms with van der Waals surface area (Å²) in [5.74, 6) is 0. The van der Waals surface area contributed by atoms with Gasteiger partial charge in [-0.3, -0.25) is 4.90 Å². The van der Waals surface area contributed by atoms with Gasteiger partial charge in [-0.05, 0) is 37.1 Å². The first-order valence-corrected chi connectivity index (χ1v) is 8.20. The molecule has 4 heteroatoms. The van der Waals surface area contributed by atoms with Crippen LogP contribution in [0.5, 0.6) is 0 Å². The van der Waals surface area contributed by atoms with Gasteiger partial charge in [-0.25, -0.2) is 0 Å². The van der Waals surface area contributed by atoms with Gasteiger partial charge in [-0.15, -0.1) is 6.58 Å². The maximum atomic E-state index is 4.09. The van der Waals surface area contributed by atoms with Gasteiger partial charge in [-0.1, -0.05) is 37.4 Å². The minimum absolute atomic E-state index is 0.424. The third-order valence-corrected chi connectivity index (χ3v) is 4.32. The van der Waals surface area contributed by atoms with E-state index in [4.69, 9.17) is 0 Å². The number of piperazine rings is 1. The molecule has 1 fully saturated rings. The summed E-state index contributed by atoms with van der Waals surface area (Å²) in [6.45, 7) is 10.5. The average Bonchev–Trinajstić information content (AvgIpc) is 2.35. The molecule has 0 aromatic heterocycles. The lowest BCUT2D eigenvalue weighted by molar-refractivity contribution is 0.172. The summed E-state index contributed by atoms with van der Waals surface area (Å²) in [6, 6.07) is 6.95. The molecule has 0 saturated carbocycles. The van der Waals surface area contributed by atoms with Crippen molar-refractivity contribution in [2.45, 2.75) is 19.4 Å². The molecule has 0 amide bonds. The minimum Gasteiger partial charge on any atom is -0.314 e. The van der Waals surface area contributed by atoms with Gasteiger partial charge >= 0.3 is 0 Å². The van der Waals surface area contributed by atoms with Crippen LogP contribution < -0.4 is 5.32 Å². The number of halogens is 2. The highest BCUT2D eigenvalue weighted by molar-refractivity contribution is 9.11. The van der Waals surface area contributed by atoms with Crippen molar-refractivity contribution in [2.24, 2.45) is 0 Å². The number of nitrogens with one attached hydrogen (secondary N) is 1. The van der Waals surface area contributed by atoms with Crippen molar-refractivity contribution < 1.29 is 0 Å². The Morgan fingerprint density at radius 2 is 1.84 bits per heavy atom. The van der Waals surface area contributed by atoms with Crippen LogP contribution in [0.25, 0.3) is 0 Å². The van der Waals surface area contributed by atoms with Crippen molar-refractivity contribution >= 4 is 31.9 Å². The van der Waals surface area contributed by atoms with Crippen molar-refractivity contribution in [2.75, 3.05) is 26.2 Å². The smallest absolute Gasteiger partial charge is 0.0386 e. The van der Waals surface area contributed by atoms with Crippen molar-refractivity contribution in [3.05, 3.63) is 44.9 Å². The lowest BCUT2D eigenvalue weighted by atomic mass is 9.98. The second-order valence-corrected chi connectivity index (χ2v) is 7.00. The van der Waals surface area contributed by atoms with Crippen LogP contribution in [0.4, 0.5) is 0 Å². The average molecular weight is 388 g/mol. The molecule has 19 heavy (non-hydrogen) atoms. The maximum absolute atomic E-state index is 4.09. The van der Waals surface area contributed by atoms with E-state index in [9.17, 15) is 0 Å². The Morgan fingerprint density at radius 3 is 2.37 bits per heavy atom. The summed E-state index contributed by atoms with van der Waals surface area (Å²) < 4.78 is 2.25. The molecule has 1 aliphatic rings. The Morgan fingerprint density at radius 1 is 1.26 bits per heavy atom. The number of rotatable bonds is 4. The molecular formula is C15H20Br2N2. The second-order valence-electron chi connectivity index (χ2n) is 5.17. The van der Waals surface area contributed by atoms with E-state index in [1.54, 1.807) is 0 Å². The molecular weight excluding hydrogens is 368 g/mol. The van der Waals surface area contributed by atoms with Crippen LogP contribution in [0.2, 0.25) is 0 Å². The Labute approximate surface area is 132 Å². The molecule has 0 radical (unpaired) electrons. The van der Waals surface area contributed by atoms with E-state index in [1.165, 1.54) is 11.1 Å². The highest BCUT2D eigenvalue weighted by atomic mass is 79.9. The van der Waals surface area contributed by atoms with Crippen LogP contribution in [0.15, 0.2) is 39.3 Å². The molecule has 1 saturated heterocycles. The first-order chi connectivity index (χ1) is 9.06. The predicted octanol–water partition coefficient (Wildman–Crippen LogP) is 4.12. The molecule has 0 spiro atoms. The lowest BCUT2D eigenvalue weighted by Gasteiger charge is -2.35. The van der Waals surface area contributed by atoms with Crippen LogP contribution in [0.3, 0.4) is 0 Å². The number of hydrogen-bond acceptors (Lipinski definition) is 2. The predicted molar refractivity (Wildman–Crippen MR) is 88.5 cm³/mol. The van der Waals surface area contributed by atoms with E-state index in [-0.39, 0.29) is 0 Å². The highest BCUT2D eigenvalue weighted by Crippen LogP contribution is 2.31. The molecule has 1 aromatic rings. The molecule has 1 N–H and O–H groups in total. The second kappa shape index (κ2) is 7.02. The monoisotopic (exact) mass is 386 g/mol. The van der Waals surface area contributed by atoms with E-state index in [2.05, 4.69) is 73.8 Å². The molecule has 1 aliphatic heterocycles. The van der Waals surface area contributed by atoms with Crippen molar-refractivity contribution in [1.29, 1.82) is 0 Å². The van der Waals surface area contributed by atoms with Crippen molar-refractivity contribution in [1.82, 2.24) is 10.2 Å². The summed E-state index contributed by atoms with van der Waals surface area (Å²) in [5.41, 5.74) is 2.59. The standard InChI is InChI=1S/C15H20Br2N2/c1-11(2)7-15(19-5-3-18-4-6-19)12-8-13(16)10-14(17)9-12/h8-10,15,18H,1,3-7H2,2H3/t15-/m0/s1. The van der Waals surface area contributed by atoms with Gasteiger partial charge in [-0.2, -0.15) is 0 Å². The molecule has 1 atom stereocenters. The molecule has 0 unspecified atom stereocenters. The summed E-state index contributed by atoms with van der Waals surface area (Å²) >= 11 is 7.18. The van der Waals surface area contributed by atoms with Crippen LogP contribution >= 0.6 is 31.9 Å². The van der Waals surface area contributed by atoms with E-state index >= 15 is 0 Å². The third-order valence-electron chi connectivity index (χ3n) is 3.40. The molecule has 0 aliphatic carbocycles. The van der Waals surface area contributed by atoms with Crippen molar-refractivity contribution in [3.8, 4) is 0 Å². The Bertz CT molecular complexity index is 433. The molecule has 2 nitrogen and oxygen atoms in total. The number of hydrogen-bond donors (Lipinski definition) is 1. The fourth-order valence-corrected chi connectivity index (χ4v) is 3.88. The van der Waals surface area contributed by atoms with Gasteiger partial charge in [0.05, 0.1) is 0 Å². The number of benzene rings is 1. The highest BCUT2D eigenvalue weighted by Gasteiger charge is 2.22. The van der Waals surface area contributed by atoms with Gasteiger partial charge < -0.3 is 5.32 Å². The zero-order valence-electron chi connectivity index (χ0n) is 11.3. The maximum Gasteiger partial charge on any atom is 0.0386 e. The van der Waals surface area contributed by atoms with E-state index < -0.39 is 0 Å². The van der Waals surface area contributed by atoms with E-state index in [0.29, 0.717) is 6.04 Å². The quantitative estimate of drug-likeness (QED) is 0.781. The summed E-state index contributed by atoms with van der Waals surface area (Å²) in [6.07, 6.45) is 1.02. The molecule has 1 heterocycles. The molecule has 104 valence electrons. The van der Waals surface area contributed by atoms with Gasteiger partial charge in [0.25, 0.3) is 0 Å². The summed E-state index contributed by atoms with van der Waals surface area (Å²) in [5, 5.41) is 3.41. The fourth-order valence-electron chi connectivity index (χ4n) is 2.55. The van der Waals surface area contributed by atoms with Gasteiger partial charge in [0.15, 0.2) is 0 Å². The largest absolute Gasteiger partial charge is 0.314 e. The third kappa shape index (κ3) is 4.42. The first-order valence-electron chi connectivity index (χ1n) is 6.61. The van der Waals surface area contributed by atoms with Gasteiger partial charge in [0.1, 0.15) is 0 Å². The van der Waals surface area contributed by atoms with E-state index in [0.717, 1.165) is 41.5 Å². The summed E-state index contributed by atoms with van der Waals surface area (Å²) in [4.78, 5) is 2.55. The Balaban J connectivity index is 2.27. The van der Waals surface area contributed by atoms with Crippen LogP contribution in [0, 0.1) is 0 Å². The van der Waals surface area contributed by atoms with Crippen LogP contribution in [0.1, 0.15) is 24.9 Å². The molecule has 0 bridgehead atoms. The number of nitrogens with zero attached hydrogens (tertiary/aromatic N) is 1. The van der Waals surface area contributed by atoms with Crippen LogP contribution in [-0.4, -0.2) is 31.1 Å².